The van der Waals surface area contributed by atoms with Crippen molar-refractivity contribution in [3.63, 3.8) is 0 Å². The third-order valence-electron chi connectivity index (χ3n) is 5.08. The van der Waals surface area contributed by atoms with Crippen LogP contribution in [0.4, 0.5) is 0 Å². The summed E-state index contributed by atoms with van der Waals surface area (Å²) in [6.07, 6.45) is 4.71. The largest absolute Gasteiger partial charge is 0.339 e. The standard InChI is InChI=1S/C20H28N4O.ClH/c1-3-19-18(14-22-24(19)15-17-7-5-4-6-8-17)20(25)23-11-9-16(10-12-23)13-21-2;/h4-8,14,16,21H,3,9-13,15H2,1-2H3;1H. The van der Waals surface area contributed by atoms with Crippen LogP contribution in [0, 0.1) is 5.92 Å². The van der Waals surface area contributed by atoms with Gasteiger partial charge >= 0.3 is 0 Å². The van der Waals surface area contributed by atoms with E-state index in [0.717, 1.165) is 50.2 Å². The predicted octanol–water partition coefficient (Wildman–Crippen LogP) is 2.99. The summed E-state index contributed by atoms with van der Waals surface area (Å²) in [5.41, 5.74) is 3.00. The molecule has 1 saturated heterocycles. The maximum Gasteiger partial charge on any atom is 0.257 e. The molecule has 0 unspecified atom stereocenters. The molecule has 6 heteroatoms. The Morgan fingerprint density at radius 3 is 2.54 bits per heavy atom. The number of amides is 1. The van der Waals surface area contributed by atoms with Crippen molar-refractivity contribution >= 4 is 18.3 Å². The minimum Gasteiger partial charge on any atom is -0.339 e. The first-order valence-corrected chi connectivity index (χ1v) is 9.25. The molecule has 1 aromatic heterocycles. The minimum absolute atomic E-state index is 0. The SMILES string of the molecule is CCc1c(C(=O)N2CCC(CNC)CC2)cnn1Cc1ccccc1.Cl. The minimum atomic E-state index is 0. The smallest absolute Gasteiger partial charge is 0.257 e. The molecule has 1 N–H and O–H groups in total. The van der Waals surface area contributed by atoms with Gasteiger partial charge in [-0.15, -0.1) is 12.4 Å². The van der Waals surface area contributed by atoms with E-state index in [2.05, 4.69) is 29.5 Å². The second-order valence-corrected chi connectivity index (χ2v) is 6.79. The summed E-state index contributed by atoms with van der Waals surface area (Å²) >= 11 is 0. The van der Waals surface area contributed by atoms with E-state index in [1.807, 2.05) is 34.8 Å². The van der Waals surface area contributed by atoms with Gasteiger partial charge < -0.3 is 10.2 Å². The Hall–Kier alpha value is -1.85. The molecule has 2 aromatic rings. The Bertz CT molecular complexity index is 693. The lowest BCUT2D eigenvalue weighted by Gasteiger charge is -2.32. The van der Waals surface area contributed by atoms with Gasteiger partial charge in [0.15, 0.2) is 0 Å². The van der Waals surface area contributed by atoms with Crippen LogP contribution < -0.4 is 5.32 Å². The number of aromatic nitrogens is 2. The van der Waals surface area contributed by atoms with Gasteiger partial charge in [-0.2, -0.15) is 5.10 Å². The first kappa shape index (κ1) is 20.5. The summed E-state index contributed by atoms with van der Waals surface area (Å²) in [6, 6.07) is 10.3. The number of piperidine rings is 1. The van der Waals surface area contributed by atoms with Gasteiger partial charge in [0.2, 0.25) is 0 Å². The van der Waals surface area contributed by atoms with E-state index < -0.39 is 0 Å². The van der Waals surface area contributed by atoms with Crippen LogP contribution in [0.1, 0.15) is 41.4 Å². The molecule has 0 aliphatic carbocycles. The van der Waals surface area contributed by atoms with Crippen molar-refractivity contribution in [1.82, 2.24) is 20.0 Å². The summed E-state index contributed by atoms with van der Waals surface area (Å²) in [6.45, 7) is 5.53. The lowest BCUT2D eigenvalue weighted by molar-refractivity contribution is 0.0689. The molecular weight excluding hydrogens is 348 g/mol. The second kappa shape index (κ2) is 9.74. The fraction of sp³-hybridized carbons (Fsp3) is 0.500. The van der Waals surface area contributed by atoms with E-state index in [-0.39, 0.29) is 18.3 Å². The van der Waals surface area contributed by atoms with Crippen molar-refractivity contribution in [2.45, 2.75) is 32.7 Å². The van der Waals surface area contributed by atoms with Crippen LogP contribution in [0.3, 0.4) is 0 Å². The van der Waals surface area contributed by atoms with Crippen molar-refractivity contribution in [1.29, 1.82) is 0 Å². The van der Waals surface area contributed by atoms with E-state index in [9.17, 15) is 4.79 Å². The molecular formula is C20H29ClN4O. The lowest BCUT2D eigenvalue weighted by atomic mass is 9.96. The topological polar surface area (TPSA) is 50.2 Å². The molecule has 0 radical (unpaired) electrons. The van der Waals surface area contributed by atoms with Gasteiger partial charge in [0.1, 0.15) is 0 Å². The predicted molar refractivity (Wildman–Crippen MR) is 107 cm³/mol. The maximum atomic E-state index is 13.0. The number of hydrogen-bond acceptors (Lipinski definition) is 3. The van der Waals surface area contributed by atoms with Crippen LogP contribution in [0.2, 0.25) is 0 Å². The van der Waals surface area contributed by atoms with E-state index >= 15 is 0 Å². The first-order chi connectivity index (χ1) is 12.2. The number of benzene rings is 1. The molecule has 26 heavy (non-hydrogen) atoms. The Balaban J connectivity index is 0.00000243. The summed E-state index contributed by atoms with van der Waals surface area (Å²) < 4.78 is 1.97. The van der Waals surface area contributed by atoms with Gasteiger partial charge in [-0.25, -0.2) is 0 Å². The molecule has 0 bridgehead atoms. The van der Waals surface area contributed by atoms with Gasteiger partial charge in [-0.1, -0.05) is 37.3 Å². The zero-order valence-electron chi connectivity index (χ0n) is 15.6. The number of likely N-dealkylation sites (tertiary alicyclic amines) is 1. The number of nitrogens with zero attached hydrogens (tertiary/aromatic N) is 3. The van der Waals surface area contributed by atoms with Crippen molar-refractivity contribution < 1.29 is 4.79 Å². The van der Waals surface area contributed by atoms with Gasteiger partial charge in [-0.3, -0.25) is 9.48 Å². The molecule has 0 spiro atoms. The third kappa shape index (κ3) is 4.65. The van der Waals surface area contributed by atoms with Crippen molar-refractivity contribution in [3.05, 3.63) is 53.3 Å². The van der Waals surface area contributed by atoms with Crippen molar-refractivity contribution in [2.75, 3.05) is 26.7 Å². The molecule has 142 valence electrons. The average molecular weight is 377 g/mol. The molecule has 1 amide bonds. The Kier molecular flexibility index (Phi) is 7.66. The third-order valence-corrected chi connectivity index (χ3v) is 5.08. The Labute approximate surface area is 162 Å². The highest BCUT2D eigenvalue weighted by Crippen LogP contribution is 2.20. The number of hydrogen-bond donors (Lipinski definition) is 1. The summed E-state index contributed by atoms with van der Waals surface area (Å²) in [5, 5.41) is 7.74. The summed E-state index contributed by atoms with van der Waals surface area (Å²) in [5.74, 6) is 0.819. The van der Waals surface area contributed by atoms with Crippen LogP contribution >= 0.6 is 12.4 Å². The fourth-order valence-corrected chi connectivity index (χ4v) is 3.65. The monoisotopic (exact) mass is 376 g/mol. The highest BCUT2D eigenvalue weighted by molar-refractivity contribution is 5.95. The first-order valence-electron chi connectivity index (χ1n) is 9.25. The summed E-state index contributed by atoms with van der Waals surface area (Å²) in [7, 11) is 1.99. The van der Waals surface area contributed by atoms with Crippen LogP contribution in [-0.4, -0.2) is 47.3 Å². The molecule has 1 aliphatic heterocycles. The molecule has 5 nitrogen and oxygen atoms in total. The number of carbonyl (C=O) groups excluding carboxylic acids is 1. The second-order valence-electron chi connectivity index (χ2n) is 6.79. The van der Waals surface area contributed by atoms with Gasteiger partial charge in [0.05, 0.1) is 24.0 Å². The van der Waals surface area contributed by atoms with Crippen LogP contribution in [0.25, 0.3) is 0 Å². The molecule has 3 rings (SSSR count). The zero-order valence-corrected chi connectivity index (χ0v) is 16.5. The highest BCUT2D eigenvalue weighted by Gasteiger charge is 2.26. The Morgan fingerprint density at radius 1 is 1.23 bits per heavy atom. The Morgan fingerprint density at radius 2 is 1.92 bits per heavy atom. The zero-order chi connectivity index (χ0) is 17.6. The van der Waals surface area contributed by atoms with Gasteiger partial charge in [0.25, 0.3) is 5.91 Å². The fourth-order valence-electron chi connectivity index (χ4n) is 3.65. The van der Waals surface area contributed by atoms with Crippen molar-refractivity contribution in [2.24, 2.45) is 5.92 Å². The number of carbonyl (C=O) groups is 1. The molecule has 1 aromatic carbocycles. The van der Waals surface area contributed by atoms with Gasteiger partial charge in [0, 0.05) is 13.1 Å². The molecule has 2 heterocycles. The maximum absolute atomic E-state index is 13.0. The normalized spacial score (nSPS) is 14.9. The van der Waals surface area contributed by atoms with E-state index in [1.165, 1.54) is 5.56 Å². The number of nitrogens with one attached hydrogen (secondary N) is 1. The lowest BCUT2D eigenvalue weighted by Crippen LogP contribution is -2.40. The number of halogens is 1. The molecule has 1 fully saturated rings. The van der Waals surface area contributed by atoms with E-state index in [1.54, 1.807) is 6.20 Å². The molecule has 1 aliphatic rings. The average Bonchev–Trinajstić information content (AvgIpc) is 3.05. The van der Waals surface area contributed by atoms with Gasteiger partial charge in [-0.05, 0) is 44.3 Å². The van der Waals surface area contributed by atoms with Crippen molar-refractivity contribution in [3.8, 4) is 0 Å². The molecule has 0 atom stereocenters. The quantitative estimate of drug-likeness (QED) is 0.843. The highest BCUT2D eigenvalue weighted by atomic mass is 35.5. The van der Waals surface area contributed by atoms with Crippen LogP contribution in [-0.2, 0) is 13.0 Å². The van der Waals surface area contributed by atoms with E-state index in [0.29, 0.717) is 12.5 Å². The van der Waals surface area contributed by atoms with Crippen LogP contribution in [0.5, 0.6) is 0 Å². The van der Waals surface area contributed by atoms with Crippen LogP contribution in [0.15, 0.2) is 36.5 Å². The summed E-state index contributed by atoms with van der Waals surface area (Å²) in [4.78, 5) is 15.0. The molecule has 0 saturated carbocycles. The number of rotatable bonds is 6. The van der Waals surface area contributed by atoms with E-state index in [4.69, 9.17) is 0 Å².